The molecule has 26 heavy (non-hydrogen) atoms. The van der Waals surface area contributed by atoms with Gasteiger partial charge < -0.3 is 9.05 Å². The standard InChI is InChI=1S/C21H21O4P/c1-2-21(18-12-6-3-7-13-18)25-26(22,23-19-14-8-4-9-15-19)24-20-16-10-5-11-17-20/h3-17,21H,2H2,1H3. The summed E-state index contributed by atoms with van der Waals surface area (Å²) in [5.74, 6) is 0.851. The van der Waals surface area contributed by atoms with Gasteiger partial charge >= 0.3 is 7.82 Å². The summed E-state index contributed by atoms with van der Waals surface area (Å²) in [7, 11) is -3.90. The van der Waals surface area contributed by atoms with Crippen LogP contribution in [0.4, 0.5) is 0 Å². The fraction of sp³-hybridized carbons (Fsp3) is 0.143. The van der Waals surface area contributed by atoms with E-state index in [0.717, 1.165) is 5.56 Å². The maximum atomic E-state index is 13.4. The Labute approximate surface area is 154 Å². The molecule has 1 unspecified atom stereocenters. The average Bonchev–Trinajstić information content (AvgIpc) is 2.68. The molecule has 0 N–H and O–H groups in total. The molecule has 0 spiro atoms. The van der Waals surface area contributed by atoms with Crippen LogP contribution >= 0.6 is 7.82 Å². The second-order valence-electron chi connectivity index (χ2n) is 5.67. The van der Waals surface area contributed by atoms with E-state index >= 15 is 0 Å². The van der Waals surface area contributed by atoms with Crippen LogP contribution in [0.3, 0.4) is 0 Å². The van der Waals surface area contributed by atoms with Crippen molar-refractivity contribution in [3.05, 3.63) is 96.6 Å². The third kappa shape index (κ3) is 4.98. The molecule has 134 valence electrons. The lowest BCUT2D eigenvalue weighted by Gasteiger charge is -2.24. The highest BCUT2D eigenvalue weighted by molar-refractivity contribution is 7.49. The smallest absolute Gasteiger partial charge is 0.395 e. The first-order valence-electron chi connectivity index (χ1n) is 8.51. The van der Waals surface area contributed by atoms with Gasteiger partial charge in [-0.05, 0) is 36.2 Å². The molecule has 0 bridgehead atoms. The van der Waals surface area contributed by atoms with Gasteiger partial charge in [-0.25, -0.2) is 4.57 Å². The van der Waals surface area contributed by atoms with E-state index in [4.69, 9.17) is 13.6 Å². The first-order valence-corrected chi connectivity index (χ1v) is 9.97. The van der Waals surface area contributed by atoms with Crippen molar-refractivity contribution in [1.82, 2.24) is 0 Å². The Morgan fingerprint density at radius 1 is 0.731 bits per heavy atom. The minimum atomic E-state index is -3.90. The first kappa shape index (κ1) is 18.2. The second-order valence-corrected chi connectivity index (χ2v) is 7.14. The van der Waals surface area contributed by atoms with Gasteiger partial charge in [0.15, 0.2) is 0 Å². The van der Waals surface area contributed by atoms with E-state index in [1.165, 1.54) is 0 Å². The van der Waals surface area contributed by atoms with Crippen molar-refractivity contribution in [2.24, 2.45) is 0 Å². The van der Waals surface area contributed by atoms with Gasteiger partial charge in [-0.3, -0.25) is 4.52 Å². The van der Waals surface area contributed by atoms with Gasteiger partial charge in [0.05, 0.1) is 6.10 Å². The van der Waals surface area contributed by atoms with Crippen molar-refractivity contribution in [1.29, 1.82) is 0 Å². The van der Waals surface area contributed by atoms with Crippen molar-refractivity contribution in [2.45, 2.75) is 19.4 Å². The first-order chi connectivity index (χ1) is 12.7. The van der Waals surface area contributed by atoms with Crippen LogP contribution in [0.15, 0.2) is 91.0 Å². The SMILES string of the molecule is CCC(OP(=O)(Oc1ccccc1)Oc1ccccc1)c1ccccc1. The Balaban J connectivity index is 1.87. The minimum absolute atomic E-state index is 0.408. The lowest BCUT2D eigenvalue weighted by molar-refractivity contribution is 0.140. The zero-order valence-electron chi connectivity index (χ0n) is 14.5. The molecular formula is C21H21O4P. The topological polar surface area (TPSA) is 44.8 Å². The van der Waals surface area contributed by atoms with E-state index in [9.17, 15) is 4.57 Å². The summed E-state index contributed by atoms with van der Waals surface area (Å²) in [6, 6.07) is 27.4. The number of hydrogen-bond donors (Lipinski definition) is 0. The number of para-hydroxylation sites is 2. The van der Waals surface area contributed by atoms with Gasteiger partial charge in [-0.2, -0.15) is 0 Å². The minimum Gasteiger partial charge on any atom is -0.395 e. The summed E-state index contributed by atoms with van der Waals surface area (Å²) in [6.07, 6.45) is 0.221. The van der Waals surface area contributed by atoms with Crippen molar-refractivity contribution >= 4 is 7.82 Å². The molecule has 3 aromatic carbocycles. The van der Waals surface area contributed by atoms with Crippen LogP contribution in [0.25, 0.3) is 0 Å². The van der Waals surface area contributed by atoms with Crippen LogP contribution in [-0.4, -0.2) is 0 Å². The van der Waals surface area contributed by atoms with Crippen LogP contribution in [0.2, 0.25) is 0 Å². The quantitative estimate of drug-likeness (QED) is 0.430. The van der Waals surface area contributed by atoms with Crippen molar-refractivity contribution in [3.63, 3.8) is 0 Å². The molecule has 0 saturated carbocycles. The molecule has 0 aliphatic carbocycles. The Kier molecular flexibility index (Phi) is 6.11. The average molecular weight is 368 g/mol. The third-order valence-electron chi connectivity index (χ3n) is 3.72. The van der Waals surface area contributed by atoms with Gasteiger partial charge in [-0.1, -0.05) is 73.7 Å². The van der Waals surface area contributed by atoms with Gasteiger partial charge in [0, 0.05) is 0 Å². The molecule has 0 aliphatic rings. The highest BCUT2D eigenvalue weighted by atomic mass is 31.2. The predicted molar refractivity (Wildman–Crippen MR) is 102 cm³/mol. The van der Waals surface area contributed by atoms with Crippen LogP contribution in [0.1, 0.15) is 25.0 Å². The molecule has 4 nitrogen and oxygen atoms in total. The lowest BCUT2D eigenvalue weighted by Crippen LogP contribution is -2.09. The van der Waals surface area contributed by atoms with E-state index in [2.05, 4.69) is 0 Å². The molecule has 0 amide bonds. The number of phosphoric acid groups is 1. The fourth-order valence-corrected chi connectivity index (χ4v) is 3.94. The number of benzene rings is 3. The zero-order chi connectivity index (χ0) is 18.2. The van der Waals surface area contributed by atoms with Crippen LogP contribution in [0, 0.1) is 0 Å². The molecule has 0 fully saturated rings. The Hall–Kier alpha value is -2.55. The Morgan fingerprint density at radius 2 is 1.15 bits per heavy atom. The van der Waals surface area contributed by atoms with Gasteiger partial charge in [-0.15, -0.1) is 0 Å². The number of rotatable bonds is 8. The Bertz CT molecular complexity index is 792. The van der Waals surface area contributed by atoms with E-state index < -0.39 is 13.9 Å². The Morgan fingerprint density at radius 3 is 1.58 bits per heavy atom. The second kappa shape index (κ2) is 8.70. The largest absolute Gasteiger partial charge is 0.588 e. The van der Waals surface area contributed by atoms with E-state index in [1.807, 2.05) is 49.4 Å². The maximum absolute atomic E-state index is 13.4. The highest BCUT2D eigenvalue weighted by Crippen LogP contribution is 2.53. The van der Waals surface area contributed by atoms with E-state index in [-0.39, 0.29) is 0 Å². The number of hydrogen-bond acceptors (Lipinski definition) is 4. The molecule has 0 aliphatic heterocycles. The predicted octanol–water partition coefficient (Wildman–Crippen LogP) is 6.42. The summed E-state index contributed by atoms with van der Waals surface area (Å²) in [5, 5.41) is 0. The van der Waals surface area contributed by atoms with Gasteiger partial charge in [0.25, 0.3) is 0 Å². The van der Waals surface area contributed by atoms with Crippen molar-refractivity contribution in [2.75, 3.05) is 0 Å². The molecule has 0 heterocycles. The van der Waals surface area contributed by atoms with E-state index in [1.54, 1.807) is 48.5 Å². The molecule has 0 aromatic heterocycles. The normalized spacial score (nSPS) is 12.3. The fourth-order valence-electron chi connectivity index (χ4n) is 2.48. The van der Waals surface area contributed by atoms with Gasteiger partial charge in [0.2, 0.25) is 0 Å². The van der Waals surface area contributed by atoms with Crippen molar-refractivity contribution in [3.8, 4) is 11.5 Å². The number of phosphoric ester groups is 1. The molecular weight excluding hydrogens is 347 g/mol. The van der Waals surface area contributed by atoms with Crippen LogP contribution < -0.4 is 9.05 Å². The van der Waals surface area contributed by atoms with Crippen LogP contribution in [-0.2, 0) is 9.09 Å². The molecule has 0 radical (unpaired) electrons. The summed E-state index contributed by atoms with van der Waals surface area (Å²) >= 11 is 0. The summed E-state index contributed by atoms with van der Waals surface area (Å²) in [4.78, 5) is 0. The summed E-state index contributed by atoms with van der Waals surface area (Å²) in [5.41, 5.74) is 0.920. The third-order valence-corrected chi connectivity index (χ3v) is 5.10. The van der Waals surface area contributed by atoms with E-state index in [0.29, 0.717) is 17.9 Å². The molecule has 1 atom stereocenters. The molecule has 3 aromatic rings. The van der Waals surface area contributed by atoms with Gasteiger partial charge in [0.1, 0.15) is 11.5 Å². The molecule has 0 saturated heterocycles. The zero-order valence-corrected chi connectivity index (χ0v) is 15.4. The highest BCUT2D eigenvalue weighted by Gasteiger charge is 2.34. The molecule has 5 heteroatoms. The maximum Gasteiger partial charge on any atom is 0.588 e. The van der Waals surface area contributed by atoms with Crippen molar-refractivity contribution < 1.29 is 18.1 Å². The monoisotopic (exact) mass is 368 g/mol. The summed E-state index contributed by atoms with van der Waals surface area (Å²) in [6.45, 7) is 1.97. The van der Waals surface area contributed by atoms with Crippen LogP contribution in [0.5, 0.6) is 11.5 Å². The molecule has 3 rings (SSSR count). The lowest BCUT2D eigenvalue weighted by atomic mass is 10.1. The summed E-state index contributed by atoms with van der Waals surface area (Å²) < 4.78 is 30.7.